The molecule has 3 rings (SSSR count). The number of halogens is 1. The molecule has 2 aromatic rings. The van der Waals surface area contributed by atoms with Gasteiger partial charge in [0.25, 0.3) is 17.6 Å². The number of aromatic nitrogens is 1. The van der Waals surface area contributed by atoms with E-state index in [4.69, 9.17) is 0 Å². The molecule has 2 amide bonds. The van der Waals surface area contributed by atoms with Crippen LogP contribution in [0.25, 0.3) is 0 Å². The van der Waals surface area contributed by atoms with E-state index in [0.29, 0.717) is 35.3 Å². The van der Waals surface area contributed by atoms with E-state index in [-0.39, 0.29) is 30.6 Å². The van der Waals surface area contributed by atoms with Gasteiger partial charge in [-0.1, -0.05) is 13.8 Å². The fourth-order valence-corrected chi connectivity index (χ4v) is 3.95. The van der Waals surface area contributed by atoms with Crippen molar-refractivity contribution in [3.05, 3.63) is 52.1 Å². The van der Waals surface area contributed by atoms with Gasteiger partial charge in [-0.05, 0) is 62.4 Å². The molecule has 1 aliphatic heterocycles. The number of nitrogens with zero attached hydrogens (tertiary/aromatic N) is 1. The predicted molar refractivity (Wildman–Crippen MR) is 119 cm³/mol. The largest absolute Gasteiger partial charge is 0.396 e. The van der Waals surface area contributed by atoms with Crippen LogP contribution >= 0.6 is 0 Å². The van der Waals surface area contributed by atoms with E-state index in [1.54, 1.807) is 38.3 Å². The number of amides is 2. The zero-order chi connectivity index (χ0) is 23.6. The summed E-state index contributed by atoms with van der Waals surface area (Å²) >= 11 is 0. The molecule has 8 heteroatoms. The van der Waals surface area contributed by atoms with Crippen LogP contribution in [0.2, 0.25) is 0 Å². The number of carbonyl (C=O) groups excluding carboxylic acids is 3. The van der Waals surface area contributed by atoms with Crippen molar-refractivity contribution < 1.29 is 23.9 Å². The van der Waals surface area contributed by atoms with Crippen LogP contribution in [0.4, 0.5) is 10.1 Å². The van der Waals surface area contributed by atoms with Gasteiger partial charge in [-0.2, -0.15) is 0 Å². The van der Waals surface area contributed by atoms with Crippen LogP contribution in [0, 0.1) is 25.1 Å². The highest BCUT2D eigenvalue weighted by atomic mass is 19.1. The lowest BCUT2D eigenvalue weighted by atomic mass is 9.95. The number of ketones is 1. The van der Waals surface area contributed by atoms with Crippen molar-refractivity contribution in [2.75, 3.05) is 18.5 Å². The Kier molecular flexibility index (Phi) is 6.83. The SMILES string of the molecule is Cc1cc(NC(=O)c2c(C)c(C(=O)C(=O)NCC(C)(C)CO)n3c2CCCC3)ccc1F. The zero-order valence-electron chi connectivity index (χ0n) is 19.0. The molecule has 0 radical (unpaired) electrons. The third-order valence-corrected chi connectivity index (χ3v) is 5.88. The van der Waals surface area contributed by atoms with Gasteiger partial charge >= 0.3 is 0 Å². The number of carbonyl (C=O) groups is 3. The van der Waals surface area contributed by atoms with E-state index in [0.717, 1.165) is 18.5 Å². The molecule has 0 unspecified atom stereocenters. The van der Waals surface area contributed by atoms with Crippen LogP contribution < -0.4 is 10.6 Å². The van der Waals surface area contributed by atoms with Gasteiger partial charge in [-0.3, -0.25) is 14.4 Å². The van der Waals surface area contributed by atoms with E-state index in [1.165, 1.54) is 12.1 Å². The van der Waals surface area contributed by atoms with Crippen LogP contribution in [-0.2, 0) is 17.8 Å². The van der Waals surface area contributed by atoms with Gasteiger partial charge in [-0.25, -0.2) is 4.39 Å². The highest BCUT2D eigenvalue weighted by Gasteiger charge is 2.32. The van der Waals surface area contributed by atoms with E-state index in [9.17, 15) is 23.9 Å². The normalized spacial score (nSPS) is 13.4. The van der Waals surface area contributed by atoms with Crippen molar-refractivity contribution in [3.8, 4) is 0 Å². The highest BCUT2D eigenvalue weighted by Crippen LogP contribution is 2.29. The molecular formula is C24H30FN3O4. The maximum absolute atomic E-state index is 13.6. The lowest BCUT2D eigenvalue weighted by molar-refractivity contribution is -0.117. The topological polar surface area (TPSA) is 100 Å². The summed E-state index contributed by atoms with van der Waals surface area (Å²) in [6.45, 7) is 7.42. The first-order valence-corrected chi connectivity index (χ1v) is 10.8. The first-order valence-electron chi connectivity index (χ1n) is 10.8. The fraction of sp³-hybridized carbons (Fsp3) is 0.458. The third-order valence-electron chi connectivity index (χ3n) is 5.88. The molecular weight excluding hydrogens is 413 g/mol. The van der Waals surface area contributed by atoms with E-state index in [1.807, 2.05) is 0 Å². The van der Waals surface area contributed by atoms with Crippen LogP contribution in [0.15, 0.2) is 18.2 Å². The zero-order valence-corrected chi connectivity index (χ0v) is 19.0. The molecule has 172 valence electrons. The van der Waals surface area contributed by atoms with Gasteiger partial charge in [0.1, 0.15) is 5.82 Å². The van der Waals surface area contributed by atoms with Crippen molar-refractivity contribution in [1.29, 1.82) is 0 Å². The maximum atomic E-state index is 13.6. The Morgan fingerprint density at radius 3 is 2.56 bits per heavy atom. The average molecular weight is 444 g/mol. The summed E-state index contributed by atoms with van der Waals surface area (Å²) in [6.07, 6.45) is 2.35. The summed E-state index contributed by atoms with van der Waals surface area (Å²) in [4.78, 5) is 38.8. The molecule has 0 aliphatic carbocycles. The van der Waals surface area contributed by atoms with Crippen molar-refractivity contribution in [1.82, 2.24) is 9.88 Å². The number of fused-ring (bicyclic) bond motifs is 1. The summed E-state index contributed by atoms with van der Waals surface area (Å²) in [5, 5.41) is 14.8. The molecule has 7 nitrogen and oxygen atoms in total. The maximum Gasteiger partial charge on any atom is 0.294 e. The van der Waals surface area contributed by atoms with Crippen LogP contribution in [0.3, 0.4) is 0 Å². The van der Waals surface area contributed by atoms with E-state index >= 15 is 0 Å². The van der Waals surface area contributed by atoms with Gasteiger partial charge in [0, 0.05) is 36.5 Å². The quantitative estimate of drug-likeness (QED) is 0.452. The molecule has 32 heavy (non-hydrogen) atoms. The Bertz CT molecular complexity index is 1070. The van der Waals surface area contributed by atoms with E-state index < -0.39 is 17.1 Å². The van der Waals surface area contributed by atoms with Crippen LogP contribution in [-0.4, -0.2) is 40.4 Å². The first-order chi connectivity index (χ1) is 15.1. The minimum atomic E-state index is -0.762. The fourth-order valence-electron chi connectivity index (χ4n) is 3.95. The second-order valence-electron chi connectivity index (χ2n) is 9.16. The summed E-state index contributed by atoms with van der Waals surface area (Å²) in [5.74, 6) is -2.21. The molecule has 0 bridgehead atoms. The van der Waals surface area contributed by atoms with Gasteiger partial charge in [-0.15, -0.1) is 0 Å². The van der Waals surface area contributed by atoms with Gasteiger partial charge < -0.3 is 20.3 Å². The smallest absolute Gasteiger partial charge is 0.294 e. The summed E-state index contributed by atoms with van der Waals surface area (Å²) in [5.41, 5.74) is 2.12. The molecule has 1 aromatic carbocycles. The van der Waals surface area contributed by atoms with Crippen molar-refractivity contribution in [2.45, 2.75) is 53.5 Å². The van der Waals surface area contributed by atoms with Gasteiger partial charge in [0.2, 0.25) is 0 Å². The summed E-state index contributed by atoms with van der Waals surface area (Å²) in [7, 11) is 0. The lowest BCUT2D eigenvalue weighted by Gasteiger charge is -2.22. The first kappa shape index (κ1) is 23.7. The third kappa shape index (κ3) is 4.75. The molecule has 0 saturated carbocycles. The molecule has 1 aromatic heterocycles. The standard InChI is InChI=1S/C24H30FN3O4/c1-14-11-16(8-9-17(14)25)27-22(31)19-15(2)20(28-10-6-5-7-18(19)28)21(30)23(32)26-12-24(3,4)13-29/h8-9,11,29H,5-7,10,12-13H2,1-4H3,(H,26,32)(H,27,31). The monoisotopic (exact) mass is 443 g/mol. The van der Waals surface area contributed by atoms with Crippen molar-refractivity contribution in [3.63, 3.8) is 0 Å². The number of Topliss-reactive ketones (excluding diaryl/α,β-unsaturated/α-hetero) is 1. The average Bonchev–Trinajstić information content (AvgIpc) is 3.06. The Labute approximate surface area is 187 Å². The summed E-state index contributed by atoms with van der Waals surface area (Å²) < 4.78 is 15.4. The van der Waals surface area contributed by atoms with Crippen molar-refractivity contribution in [2.24, 2.45) is 5.41 Å². The number of nitrogens with one attached hydrogen (secondary N) is 2. The Hall–Kier alpha value is -3.00. The molecule has 3 N–H and O–H groups in total. The van der Waals surface area contributed by atoms with Gasteiger partial charge in [0.15, 0.2) is 0 Å². The second-order valence-corrected chi connectivity index (χ2v) is 9.16. The Balaban J connectivity index is 1.92. The Morgan fingerprint density at radius 1 is 1.19 bits per heavy atom. The number of hydrogen-bond acceptors (Lipinski definition) is 4. The van der Waals surface area contributed by atoms with Gasteiger partial charge in [0.05, 0.1) is 11.3 Å². The minimum Gasteiger partial charge on any atom is -0.396 e. The van der Waals surface area contributed by atoms with Crippen molar-refractivity contribution >= 4 is 23.3 Å². The molecule has 2 heterocycles. The highest BCUT2D eigenvalue weighted by molar-refractivity contribution is 6.43. The lowest BCUT2D eigenvalue weighted by Crippen LogP contribution is -2.40. The second kappa shape index (κ2) is 9.24. The molecule has 0 fully saturated rings. The minimum absolute atomic E-state index is 0.131. The van der Waals surface area contributed by atoms with E-state index in [2.05, 4.69) is 10.6 Å². The number of aliphatic hydroxyl groups excluding tert-OH is 1. The van der Waals surface area contributed by atoms with Crippen LogP contribution in [0.5, 0.6) is 0 Å². The molecule has 0 saturated heterocycles. The molecule has 0 spiro atoms. The number of aryl methyl sites for hydroxylation is 1. The van der Waals surface area contributed by atoms with Crippen LogP contribution in [0.1, 0.15) is 64.4 Å². The number of hydrogen-bond donors (Lipinski definition) is 3. The Morgan fingerprint density at radius 2 is 1.91 bits per heavy atom. The number of anilines is 1. The number of benzene rings is 1. The number of aliphatic hydroxyl groups is 1. The predicted octanol–water partition coefficient (Wildman–Crippen LogP) is 3.15. The summed E-state index contributed by atoms with van der Waals surface area (Å²) in [6, 6.07) is 4.33. The number of rotatable bonds is 7. The molecule has 1 aliphatic rings. The molecule has 0 atom stereocenters.